The predicted molar refractivity (Wildman–Crippen MR) is 69.2 cm³/mol. The Morgan fingerprint density at radius 1 is 1.31 bits per heavy atom. The smallest absolute Gasteiger partial charge is 0.345 e. The molecule has 0 aliphatic carbocycles. The number of carboxylic acid groups (broad SMARTS) is 1. The number of hydrogen-bond donors (Lipinski definition) is 1. The highest BCUT2D eigenvalue weighted by Gasteiger charge is 2.10. The van der Waals surface area contributed by atoms with Gasteiger partial charge in [-0.2, -0.15) is 0 Å². The Morgan fingerprint density at radius 2 is 2.06 bits per heavy atom. The second-order valence-corrected chi connectivity index (χ2v) is 5.39. The van der Waals surface area contributed by atoms with E-state index in [0.29, 0.717) is 4.88 Å². The fraction of sp³-hybridized carbons (Fsp3) is 0.0833. The molecule has 0 spiro atoms. The molecule has 1 aromatic carbocycles. The summed E-state index contributed by atoms with van der Waals surface area (Å²) >= 11 is 4.77. The maximum Gasteiger partial charge on any atom is 0.345 e. The number of benzene rings is 1. The average molecular weight is 297 g/mol. The van der Waals surface area contributed by atoms with Gasteiger partial charge in [-0.05, 0) is 30.7 Å². The Bertz CT molecular complexity index is 546. The van der Waals surface area contributed by atoms with Gasteiger partial charge >= 0.3 is 5.97 Å². The predicted octanol–water partition coefficient (Wildman–Crippen LogP) is 4.18. The molecule has 0 atom stereocenters. The first-order valence-corrected chi connectivity index (χ1v) is 6.28. The number of aryl methyl sites for hydroxylation is 1. The second-order valence-electron chi connectivity index (χ2n) is 3.45. The standard InChI is InChI=1S/C12H9BrO2S/c1-7-2-3-8(9(13)6-7)10-4-5-11(16-10)12(14)15/h2-6H,1H3,(H,14,15). The lowest BCUT2D eigenvalue weighted by Gasteiger charge is -2.02. The highest BCUT2D eigenvalue weighted by molar-refractivity contribution is 9.10. The number of thiophene rings is 1. The van der Waals surface area contributed by atoms with E-state index in [4.69, 9.17) is 5.11 Å². The van der Waals surface area contributed by atoms with Crippen LogP contribution >= 0.6 is 27.3 Å². The summed E-state index contributed by atoms with van der Waals surface area (Å²) < 4.78 is 0.992. The Kier molecular flexibility index (Phi) is 3.12. The van der Waals surface area contributed by atoms with E-state index < -0.39 is 5.97 Å². The SMILES string of the molecule is Cc1ccc(-c2ccc(C(=O)O)s2)c(Br)c1. The summed E-state index contributed by atoms with van der Waals surface area (Å²) in [6.45, 7) is 2.02. The number of rotatable bonds is 2. The van der Waals surface area contributed by atoms with Crippen molar-refractivity contribution in [2.24, 2.45) is 0 Å². The summed E-state index contributed by atoms with van der Waals surface area (Å²) in [6.07, 6.45) is 0. The molecule has 0 unspecified atom stereocenters. The molecule has 0 saturated heterocycles. The first kappa shape index (κ1) is 11.4. The van der Waals surface area contributed by atoms with E-state index in [-0.39, 0.29) is 0 Å². The first-order chi connectivity index (χ1) is 7.58. The van der Waals surface area contributed by atoms with Gasteiger partial charge in [0.15, 0.2) is 0 Å². The Morgan fingerprint density at radius 3 is 2.62 bits per heavy atom. The van der Waals surface area contributed by atoms with E-state index in [2.05, 4.69) is 15.9 Å². The molecule has 0 saturated carbocycles. The van der Waals surface area contributed by atoms with Crippen molar-refractivity contribution in [2.45, 2.75) is 6.92 Å². The highest BCUT2D eigenvalue weighted by Crippen LogP contribution is 2.34. The molecular formula is C12H9BrO2S. The molecule has 16 heavy (non-hydrogen) atoms. The second kappa shape index (κ2) is 4.39. The lowest BCUT2D eigenvalue weighted by molar-refractivity contribution is 0.0702. The van der Waals surface area contributed by atoms with Crippen LogP contribution in [0, 0.1) is 6.92 Å². The summed E-state index contributed by atoms with van der Waals surface area (Å²) in [7, 11) is 0. The Balaban J connectivity index is 2.46. The maximum atomic E-state index is 10.8. The van der Waals surface area contributed by atoms with Crippen molar-refractivity contribution in [1.29, 1.82) is 0 Å². The fourth-order valence-electron chi connectivity index (χ4n) is 1.42. The van der Waals surface area contributed by atoms with Crippen molar-refractivity contribution >= 4 is 33.2 Å². The number of aromatic carboxylic acids is 1. The van der Waals surface area contributed by atoms with E-state index in [1.54, 1.807) is 6.07 Å². The molecule has 0 fully saturated rings. The molecule has 1 N–H and O–H groups in total. The third-order valence-corrected chi connectivity index (χ3v) is 3.97. The number of halogens is 1. The van der Waals surface area contributed by atoms with Gasteiger partial charge < -0.3 is 5.11 Å². The fourth-order valence-corrected chi connectivity index (χ4v) is 3.14. The third kappa shape index (κ3) is 2.18. The third-order valence-electron chi connectivity index (χ3n) is 2.21. The summed E-state index contributed by atoms with van der Waals surface area (Å²) in [5.74, 6) is -0.875. The average Bonchev–Trinajstić information content (AvgIpc) is 2.66. The van der Waals surface area contributed by atoms with Crippen LogP contribution in [0.4, 0.5) is 0 Å². The summed E-state index contributed by atoms with van der Waals surface area (Å²) in [4.78, 5) is 12.1. The molecule has 4 heteroatoms. The number of carboxylic acids is 1. The van der Waals surface area contributed by atoms with Crippen LogP contribution in [0.3, 0.4) is 0 Å². The van der Waals surface area contributed by atoms with Gasteiger partial charge in [0.1, 0.15) is 4.88 Å². The zero-order valence-corrected chi connectivity index (χ0v) is 10.9. The van der Waals surface area contributed by atoms with Gasteiger partial charge in [0, 0.05) is 14.9 Å². The van der Waals surface area contributed by atoms with Crippen molar-refractivity contribution in [1.82, 2.24) is 0 Å². The summed E-state index contributed by atoms with van der Waals surface area (Å²) in [5, 5.41) is 8.86. The van der Waals surface area contributed by atoms with Crippen molar-refractivity contribution in [3.63, 3.8) is 0 Å². The molecule has 82 valence electrons. The van der Waals surface area contributed by atoms with E-state index in [0.717, 1.165) is 14.9 Å². The largest absolute Gasteiger partial charge is 0.477 e. The Labute approximate surface area is 106 Å². The highest BCUT2D eigenvalue weighted by atomic mass is 79.9. The molecule has 2 aromatic rings. The topological polar surface area (TPSA) is 37.3 Å². The van der Waals surface area contributed by atoms with Gasteiger partial charge in [-0.25, -0.2) is 4.79 Å². The first-order valence-electron chi connectivity index (χ1n) is 4.67. The van der Waals surface area contributed by atoms with Gasteiger partial charge in [-0.3, -0.25) is 0 Å². The van der Waals surface area contributed by atoms with Crippen LogP contribution < -0.4 is 0 Å². The molecule has 0 bridgehead atoms. The lowest BCUT2D eigenvalue weighted by Crippen LogP contribution is -1.89. The van der Waals surface area contributed by atoms with Gasteiger partial charge in [-0.1, -0.05) is 28.1 Å². The van der Waals surface area contributed by atoms with Crippen molar-refractivity contribution < 1.29 is 9.90 Å². The molecular weight excluding hydrogens is 288 g/mol. The zero-order chi connectivity index (χ0) is 11.7. The molecule has 1 aromatic heterocycles. The van der Waals surface area contributed by atoms with Crippen LogP contribution in [0.1, 0.15) is 15.2 Å². The van der Waals surface area contributed by atoms with Crippen LogP contribution in [0.15, 0.2) is 34.8 Å². The van der Waals surface area contributed by atoms with E-state index in [9.17, 15) is 4.79 Å². The monoisotopic (exact) mass is 296 g/mol. The van der Waals surface area contributed by atoms with Gasteiger partial charge in [0.25, 0.3) is 0 Å². The maximum absolute atomic E-state index is 10.8. The molecule has 2 nitrogen and oxygen atoms in total. The molecule has 0 radical (unpaired) electrons. The van der Waals surface area contributed by atoms with E-state index in [1.165, 1.54) is 16.9 Å². The molecule has 0 amide bonds. The molecule has 0 aliphatic rings. The van der Waals surface area contributed by atoms with Crippen LogP contribution in [0.25, 0.3) is 10.4 Å². The van der Waals surface area contributed by atoms with Crippen LogP contribution in [-0.4, -0.2) is 11.1 Å². The van der Waals surface area contributed by atoms with E-state index >= 15 is 0 Å². The minimum Gasteiger partial charge on any atom is -0.477 e. The quantitative estimate of drug-likeness (QED) is 0.902. The van der Waals surface area contributed by atoms with Gasteiger partial charge in [0.05, 0.1) is 0 Å². The lowest BCUT2D eigenvalue weighted by atomic mass is 10.1. The molecule has 0 aliphatic heterocycles. The zero-order valence-electron chi connectivity index (χ0n) is 8.53. The van der Waals surface area contributed by atoms with Crippen LogP contribution in [-0.2, 0) is 0 Å². The Hall–Kier alpha value is -1.13. The normalized spacial score (nSPS) is 10.4. The van der Waals surface area contributed by atoms with Gasteiger partial charge in [0.2, 0.25) is 0 Å². The van der Waals surface area contributed by atoms with Crippen LogP contribution in [0.5, 0.6) is 0 Å². The minimum atomic E-state index is -0.875. The van der Waals surface area contributed by atoms with Crippen molar-refractivity contribution in [2.75, 3.05) is 0 Å². The number of hydrogen-bond acceptors (Lipinski definition) is 2. The summed E-state index contributed by atoms with van der Waals surface area (Å²) in [5.41, 5.74) is 2.20. The minimum absolute atomic E-state index is 0.363. The molecule has 2 rings (SSSR count). The molecule has 1 heterocycles. The van der Waals surface area contributed by atoms with Crippen molar-refractivity contribution in [3.8, 4) is 10.4 Å². The van der Waals surface area contributed by atoms with E-state index in [1.807, 2.05) is 31.2 Å². The summed E-state index contributed by atoms with van der Waals surface area (Å²) in [6, 6.07) is 9.50. The van der Waals surface area contributed by atoms with Crippen molar-refractivity contribution in [3.05, 3.63) is 45.2 Å². The number of carbonyl (C=O) groups is 1. The van der Waals surface area contributed by atoms with Gasteiger partial charge in [-0.15, -0.1) is 11.3 Å². The van der Waals surface area contributed by atoms with Crippen LogP contribution in [0.2, 0.25) is 0 Å².